The number of aliphatic hydroxyl groups is 1. The van der Waals surface area contributed by atoms with Gasteiger partial charge in [0, 0.05) is 45.3 Å². The third kappa shape index (κ3) is 5.64. The Morgan fingerprint density at radius 3 is 2.68 bits per heavy atom. The minimum Gasteiger partial charge on any atom is -0.491 e. The van der Waals surface area contributed by atoms with Crippen molar-refractivity contribution in [3.63, 3.8) is 0 Å². The molecular weight excluding hydrogens is 448 g/mol. The lowest BCUT2D eigenvalue weighted by atomic mass is 10.0. The molecule has 3 aromatic rings. The molecule has 1 aromatic heterocycles. The van der Waals surface area contributed by atoms with Gasteiger partial charge < -0.3 is 14.6 Å². The van der Waals surface area contributed by atoms with Crippen LogP contribution >= 0.6 is 11.3 Å². The fourth-order valence-electron chi connectivity index (χ4n) is 4.64. The maximum absolute atomic E-state index is 10.5. The topological polar surface area (TPSA) is 70.4 Å². The second-order valence-electron chi connectivity index (χ2n) is 9.05. The molecule has 0 amide bonds. The summed E-state index contributed by atoms with van der Waals surface area (Å²) in [6.45, 7) is 9.44. The van der Waals surface area contributed by atoms with Crippen molar-refractivity contribution in [3.8, 4) is 5.75 Å². The fourth-order valence-corrected chi connectivity index (χ4v) is 5.45. The second-order valence-corrected chi connectivity index (χ2v) is 10.3. The zero-order chi connectivity index (χ0) is 23.5. The number of nitrogens with zero attached hydrogens (tertiary/aromatic N) is 4. The van der Waals surface area contributed by atoms with Gasteiger partial charge in [0.1, 0.15) is 30.8 Å². The summed E-state index contributed by atoms with van der Waals surface area (Å²) in [7, 11) is 0. The van der Waals surface area contributed by atoms with E-state index in [-0.39, 0.29) is 18.9 Å². The van der Waals surface area contributed by atoms with Crippen LogP contribution in [-0.2, 0) is 4.74 Å². The van der Waals surface area contributed by atoms with E-state index >= 15 is 0 Å². The predicted octanol–water partition coefficient (Wildman–Crippen LogP) is 3.52. The van der Waals surface area contributed by atoms with Crippen molar-refractivity contribution in [3.05, 3.63) is 59.1 Å². The molecule has 2 aliphatic heterocycles. The smallest absolute Gasteiger partial charge is 0.146 e. The summed E-state index contributed by atoms with van der Waals surface area (Å²) in [5.74, 6) is 0.753. The van der Waals surface area contributed by atoms with Crippen molar-refractivity contribution in [1.82, 2.24) is 14.8 Å². The predicted molar refractivity (Wildman–Crippen MR) is 136 cm³/mol. The molecule has 1 saturated heterocycles. The maximum Gasteiger partial charge on any atom is 0.146 e. The minimum absolute atomic E-state index is 0.0550. The van der Waals surface area contributed by atoms with Crippen LogP contribution in [0.15, 0.2) is 53.5 Å². The van der Waals surface area contributed by atoms with Gasteiger partial charge >= 0.3 is 0 Å². The Kier molecular flexibility index (Phi) is 7.22. The van der Waals surface area contributed by atoms with Gasteiger partial charge in [-0.05, 0) is 31.5 Å². The van der Waals surface area contributed by atoms with Crippen LogP contribution in [-0.4, -0.2) is 83.8 Å². The van der Waals surface area contributed by atoms with E-state index in [4.69, 9.17) is 14.5 Å². The number of aromatic nitrogens is 1. The number of thiazole rings is 1. The summed E-state index contributed by atoms with van der Waals surface area (Å²) in [6, 6.07) is 16.3. The second kappa shape index (κ2) is 10.5. The first kappa shape index (κ1) is 23.4. The highest BCUT2D eigenvalue weighted by Crippen LogP contribution is 2.28. The number of rotatable bonds is 8. The average molecular weight is 481 g/mol. The van der Waals surface area contributed by atoms with Gasteiger partial charge in [0.15, 0.2) is 0 Å². The molecular formula is C26H32N4O3S. The Balaban J connectivity index is 1.07. The van der Waals surface area contributed by atoms with Crippen LogP contribution in [0.3, 0.4) is 0 Å². The summed E-state index contributed by atoms with van der Waals surface area (Å²) in [5.41, 5.74) is 3.22. The van der Waals surface area contributed by atoms with Crippen LogP contribution in [0.5, 0.6) is 5.75 Å². The lowest BCUT2D eigenvalue weighted by Crippen LogP contribution is -2.50. The van der Waals surface area contributed by atoms with Gasteiger partial charge in [-0.2, -0.15) is 0 Å². The molecule has 0 aliphatic carbocycles. The van der Waals surface area contributed by atoms with Crippen molar-refractivity contribution in [1.29, 1.82) is 0 Å². The lowest BCUT2D eigenvalue weighted by molar-refractivity contribution is 0.0471. The molecule has 0 bridgehead atoms. The Bertz CT molecular complexity index is 1130. The highest BCUT2D eigenvalue weighted by Gasteiger charge is 2.30. The van der Waals surface area contributed by atoms with E-state index < -0.39 is 6.10 Å². The third-order valence-electron chi connectivity index (χ3n) is 6.31. The normalized spacial score (nSPS) is 22.7. The number of aliphatic hydroxyl groups excluding tert-OH is 1. The molecule has 8 heteroatoms. The number of β-amino-alcohol motifs (C(OH)–C–C–N with tert-alkyl or cyclic N) is 1. The van der Waals surface area contributed by atoms with Crippen molar-refractivity contribution >= 4 is 27.3 Å². The van der Waals surface area contributed by atoms with Crippen LogP contribution in [0.1, 0.15) is 23.6 Å². The zero-order valence-corrected chi connectivity index (χ0v) is 20.6. The number of fused-ring (bicyclic) bond motifs is 1. The monoisotopic (exact) mass is 480 g/mol. The molecule has 3 atom stereocenters. The van der Waals surface area contributed by atoms with E-state index in [9.17, 15) is 5.11 Å². The van der Waals surface area contributed by atoms with Crippen molar-refractivity contribution in [2.45, 2.75) is 32.3 Å². The van der Waals surface area contributed by atoms with Crippen LogP contribution in [0.25, 0.3) is 10.2 Å². The summed E-state index contributed by atoms with van der Waals surface area (Å²) < 4.78 is 13.1. The van der Waals surface area contributed by atoms with E-state index in [2.05, 4.69) is 26.9 Å². The first-order valence-corrected chi connectivity index (χ1v) is 12.7. The highest BCUT2D eigenvalue weighted by atomic mass is 32.1. The van der Waals surface area contributed by atoms with Gasteiger partial charge in [0.2, 0.25) is 0 Å². The number of piperazine rings is 1. The van der Waals surface area contributed by atoms with Crippen molar-refractivity contribution < 1.29 is 14.6 Å². The third-order valence-corrected chi connectivity index (χ3v) is 7.27. The molecule has 1 N–H and O–H groups in total. The van der Waals surface area contributed by atoms with Gasteiger partial charge in [0.05, 0.1) is 20.9 Å². The summed E-state index contributed by atoms with van der Waals surface area (Å²) in [6.07, 6.45) is -0.687. The van der Waals surface area contributed by atoms with E-state index in [0.29, 0.717) is 6.54 Å². The molecule has 2 aliphatic rings. The van der Waals surface area contributed by atoms with E-state index in [1.54, 1.807) is 11.3 Å². The molecule has 180 valence electrons. The number of aryl methyl sites for hydroxylation is 1. The maximum atomic E-state index is 10.5. The summed E-state index contributed by atoms with van der Waals surface area (Å²) in [5, 5.41) is 11.6. The van der Waals surface area contributed by atoms with Crippen LogP contribution in [0, 0.1) is 6.92 Å². The summed E-state index contributed by atoms with van der Waals surface area (Å²) in [4.78, 5) is 14.0. The van der Waals surface area contributed by atoms with E-state index in [1.165, 1.54) is 0 Å². The number of ether oxygens (including phenoxy) is 2. The van der Waals surface area contributed by atoms with Gasteiger partial charge in [0.25, 0.3) is 0 Å². The Morgan fingerprint density at radius 2 is 1.88 bits per heavy atom. The van der Waals surface area contributed by atoms with Crippen LogP contribution in [0.4, 0.5) is 0 Å². The Morgan fingerprint density at radius 1 is 1.12 bits per heavy atom. The van der Waals surface area contributed by atoms with E-state index in [1.807, 2.05) is 50.2 Å². The molecule has 1 unspecified atom stereocenters. The molecule has 5 rings (SSSR count). The number of aliphatic imine (C=N–C) groups is 1. The quantitative estimate of drug-likeness (QED) is 0.532. The van der Waals surface area contributed by atoms with Crippen molar-refractivity contribution in [2.75, 3.05) is 45.9 Å². The number of hydrogen-bond donors (Lipinski definition) is 1. The highest BCUT2D eigenvalue weighted by molar-refractivity contribution is 7.18. The number of benzene rings is 2. The Hall–Kier alpha value is -2.36. The van der Waals surface area contributed by atoms with Crippen LogP contribution in [0.2, 0.25) is 0 Å². The lowest BCUT2D eigenvalue weighted by Gasteiger charge is -2.35. The molecule has 34 heavy (non-hydrogen) atoms. The Labute approximate surface area is 204 Å². The van der Waals surface area contributed by atoms with Gasteiger partial charge in [-0.15, -0.1) is 11.3 Å². The first-order chi connectivity index (χ1) is 16.5. The van der Waals surface area contributed by atoms with Gasteiger partial charge in [-0.1, -0.05) is 30.3 Å². The zero-order valence-electron chi connectivity index (χ0n) is 19.8. The SMILES string of the molecule is Cc1nc2cc(OC[C@H](O)CN3CCN(CC4=NC(C)O[C@H]4c4ccccc4)CC3)ccc2s1. The van der Waals surface area contributed by atoms with Gasteiger partial charge in [-0.3, -0.25) is 14.8 Å². The first-order valence-electron chi connectivity index (χ1n) is 11.9. The van der Waals surface area contributed by atoms with Gasteiger partial charge in [-0.25, -0.2) is 4.98 Å². The number of hydrogen-bond acceptors (Lipinski definition) is 8. The molecule has 0 spiro atoms. The molecule has 7 nitrogen and oxygen atoms in total. The molecule has 2 aromatic carbocycles. The average Bonchev–Trinajstić information content (AvgIpc) is 3.40. The van der Waals surface area contributed by atoms with Crippen molar-refractivity contribution in [2.24, 2.45) is 4.99 Å². The molecule has 1 fully saturated rings. The minimum atomic E-state index is -0.532. The summed E-state index contributed by atoms with van der Waals surface area (Å²) >= 11 is 1.68. The largest absolute Gasteiger partial charge is 0.491 e. The molecule has 0 radical (unpaired) electrons. The molecule has 0 saturated carbocycles. The van der Waals surface area contributed by atoms with E-state index in [0.717, 1.165) is 65.0 Å². The standard InChI is InChI=1S/C26H32N4O3S/c1-18-27-24(26(33-18)20-6-4-3-5-7-20)16-30-12-10-29(11-13-30)15-21(31)17-32-22-8-9-25-23(14-22)28-19(2)34-25/h3-9,14,18,21,26,31H,10-13,15-17H2,1-2H3/t18?,21-,26+/m1/s1. The fraction of sp³-hybridized carbons (Fsp3) is 0.462. The molecule has 3 heterocycles. The van der Waals surface area contributed by atoms with Crippen LogP contribution < -0.4 is 4.74 Å².